The molecule has 3 nitrogen and oxygen atoms in total. The first-order valence-corrected chi connectivity index (χ1v) is 8.84. The predicted octanol–water partition coefficient (Wildman–Crippen LogP) is 2.64. The number of sulfonamides is 1. The van der Waals surface area contributed by atoms with Gasteiger partial charge in [-0.1, -0.05) is 25.1 Å². The maximum atomic E-state index is 12.1. The van der Waals surface area contributed by atoms with Crippen molar-refractivity contribution >= 4 is 21.8 Å². The molecule has 1 fully saturated rings. The standard InChI is InChI=1S/C13H19NO2S2/c1-2-17-12-9-8-11(10-12)14-18(15,16)13-6-4-3-5-7-13/h3-7,11-12,14H,2,8-10H2,1H3. The van der Waals surface area contributed by atoms with E-state index in [0.717, 1.165) is 25.0 Å². The first kappa shape index (κ1) is 13.9. The van der Waals surface area contributed by atoms with Gasteiger partial charge in [-0.05, 0) is 37.1 Å². The summed E-state index contributed by atoms with van der Waals surface area (Å²) in [4.78, 5) is 0.358. The zero-order chi connectivity index (χ0) is 13.0. The van der Waals surface area contributed by atoms with Gasteiger partial charge in [-0.25, -0.2) is 13.1 Å². The summed E-state index contributed by atoms with van der Waals surface area (Å²) in [6.45, 7) is 2.14. The summed E-state index contributed by atoms with van der Waals surface area (Å²) in [6, 6.07) is 8.69. The van der Waals surface area contributed by atoms with E-state index >= 15 is 0 Å². The first-order chi connectivity index (χ1) is 8.62. The van der Waals surface area contributed by atoms with Crippen molar-refractivity contribution in [3.63, 3.8) is 0 Å². The molecule has 0 spiro atoms. The summed E-state index contributed by atoms with van der Waals surface area (Å²) in [5.74, 6) is 1.10. The molecule has 0 aromatic heterocycles. The molecule has 0 saturated heterocycles. The monoisotopic (exact) mass is 285 g/mol. The van der Waals surface area contributed by atoms with Crippen LogP contribution in [-0.2, 0) is 10.0 Å². The zero-order valence-corrected chi connectivity index (χ0v) is 12.1. The quantitative estimate of drug-likeness (QED) is 0.904. The minimum atomic E-state index is -3.34. The Morgan fingerprint density at radius 3 is 2.67 bits per heavy atom. The van der Waals surface area contributed by atoms with Crippen molar-refractivity contribution in [3.8, 4) is 0 Å². The van der Waals surface area contributed by atoms with Crippen LogP contribution in [0.15, 0.2) is 35.2 Å². The zero-order valence-electron chi connectivity index (χ0n) is 10.5. The van der Waals surface area contributed by atoms with Gasteiger partial charge in [-0.3, -0.25) is 0 Å². The summed E-state index contributed by atoms with van der Waals surface area (Å²) in [7, 11) is -3.34. The van der Waals surface area contributed by atoms with E-state index in [1.54, 1.807) is 24.3 Å². The van der Waals surface area contributed by atoms with Crippen molar-refractivity contribution in [1.29, 1.82) is 0 Å². The smallest absolute Gasteiger partial charge is 0.208 e. The second kappa shape index (κ2) is 6.08. The van der Waals surface area contributed by atoms with E-state index in [9.17, 15) is 8.42 Å². The van der Waals surface area contributed by atoms with Crippen LogP contribution in [0.1, 0.15) is 26.2 Å². The number of nitrogens with one attached hydrogen (secondary N) is 1. The summed E-state index contributed by atoms with van der Waals surface area (Å²) in [5, 5.41) is 0.610. The lowest BCUT2D eigenvalue weighted by molar-refractivity contribution is 0.552. The van der Waals surface area contributed by atoms with E-state index in [-0.39, 0.29) is 6.04 Å². The van der Waals surface area contributed by atoms with Crippen LogP contribution in [0, 0.1) is 0 Å². The molecule has 1 aromatic rings. The molecule has 0 radical (unpaired) electrons. The van der Waals surface area contributed by atoms with Gasteiger partial charge in [-0.2, -0.15) is 11.8 Å². The van der Waals surface area contributed by atoms with Gasteiger partial charge in [0.05, 0.1) is 4.90 Å². The van der Waals surface area contributed by atoms with Crippen LogP contribution < -0.4 is 4.72 Å². The second-order valence-electron chi connectivity index (χ2n) is 4.52. The molecule has 1 aliphatic carbocycles. The molecule has 0 heterocycles. The fraction of sp³-hybridized carbons (Fsp3) is 0.538. The number of hydrogen-bond acceptors (Lipinski definition) is 3. The normalized spacial score (nSPS) is 24.3. The molecule has 1 aromatic carbocycles. The van der Waals surface area contributed by atoms with E-state index in [4.69, 9.17) is 0 Å². The molecule has 0 bridgehead atoms. The van der Waals surface area contributed by atoms with Crippen LogP contribution in [-0.4, -0.2) is 25.5 Å². The third-order valence-electron chi connectivity index (χ3n) is 3.16. The number of rotatable bonds is 5. The lowest BCUT2D eigenvalue weighted by Gasteiger charge is -2.13. The summed E-state index contributed by atoms with van der Waals surface area (Å²) in [6.07, 6.45) is 3.01. The third-order valence-corrected chi connectivity index (χ3v) is 5.93. The molecule has 1 N–H and O–H groups in total. The lowest BCUT2D eigenvalue weighted by atomic mass is 10.3. The lowest BCUT2D eigenvalue weighted by Crippen LogP contribution is -2.33. The van der Waals surface area contributed by atoms with Gasteiger partial charge in [0.2, 0.25) is 10.0 Å². The molecule has 2 rings (SSSR count). The Balaban J connectivity index is 1.98. The summed E-state index contributed by atoms with van der Waals surface area (Å²) >= 11 is 1.93. The molecule has 2 unspecified atom stereocenters. The van der Waals surface area contributed by atoms with Crippen molar-refractivity contribution in [2.75, 3.05) is 5.75 Å². The highest BCUT2D eigenvalue weighted by atomic mass is 32.2. The SMILES string of the molecule is CCSC1CCC(NS(=O)(=O)c2ccccc2)C1. The van der Waals surface area contributed by atoms with Gasteiger partial charge in [0.25, 0.3) is 0 Å². The molecule has 2 atom stereocenters. The maximum absolute atomic E-state index is 12.1. The largest absolute Gasteiger partial charge is 0.240 e. The van der Waals surface area contributed by atoms with Gasteiger partial charge < -0.3 is 0 Å². The highest BCUT2D eigenvalue weighted by Crippen LogP contribution is 2.30. The maximum Gasteiger partial charge on any atom is 0.240 e. The molecule has 0 aliphatic heterocycles. The van der Waals surface area contributed by atoms with Crippen molar-refractivity contribution in [2.24, 2.45) is 0 Å². The van der Waals surface area contributed by atoms with Crippen LogP contribution in [0.5, 0.6) is 0 Å². The minimum Gasteiger partial charge on any atom is -0.208 e. The highest BCUT2D eigenvalue weighted by molar-refractivity contribution is 7.99. The van der Waals surface area contributed by atoms with Crippen molar-refractivity contribution in [3.05, 3.63) is 30.3 Å². The van der Waals surface area contributed by atoms with E-state index in [2.05, 4.69) is 11.6 Å². The molecule has 18 heavy (non-hydrogen) atoms. The Hall–Kier alpha value is -0.520. The average molecular weight is 285 g/mol. The third kappa shape index (κ3) is 3.49. The van der Waals surface area contributed by atoms with Crippen LogP contribution in [0.4, 0.5) is 0 Å². The molecular weight excluding hydrogens is 266 g/mol. The first-order valence-electron chi connectivity index (χ1n) is 6.31. The molecule has 0 amide bonds. The summed E-state index contributed by atoms with van der Waals surface area (Å²) in [5.41, 5.74) is 0. The Bertz CT molecular complexity index is 473. The minimum absolute atomic E-state index is 0.0965. The van der Waals surface area contributed by atoms with Gasteiger partial charge >= 0.3 is 0 Å². The molecular formula is C13H19NO2S2. The van der Waals surface area contributed by atoms with Crippen molar-refractivity contribution < 1.29 is 8.42 Å². The van der Waals surface area contributed by atoms with Gasteiger partial charge in [0, 0.05) is 11.3 Å². The number of hydrogen-bond donors (Lipinski definition) is 1. The Kier molecular flexibility index (Phi) is 4.70. The van der Waals surface area contributed by atoms with Crippen molar-refractivity contribution in [1.82, 2.24) is 4.72 Å². The molecule has 1 saturated carbocycles. The Morgan fingerprint density at radius 2 is 2.00 bits per heavy atom. The number of thioether (sulfide) groups is 1. The van der Waals surface area contributed by atoms with Crippen LogP contribution >= 0.6 is 11.8 Å². The van der Waals surface area contributed by atoms with E-state index < -0.39 is 10.0 Å². The Labute approximate surface area is 113 Å². The van der Waals surface area contributed by atoms with Crippen LogP contribution in [0.3, 0.4) is 0 Å². The highest BCUT2D eigenvalue weighted by Gasteiger charge is 2.28. The summed E-state index contributed by atoms with van der Waals surface area (Å²) < 4.78 is 27.1. The number of benzene rings is 1. The topological polar surface area (TPSA) is 46.2 Å². The van der Waals surface area contributed by atoms with Gasteiger partial charge in [-0.15, -0.1) is 0 Å². The predicted molar refractivity (Wildman–Crippen MR) is 76.3 cm³/mol. The second-order valence-corrected chi connectivity index (χ2v) is 7.81. The van der Waals surface area contributed by atoms with Crippen LogP contribution in [0.2, 0.25) is 0 Å². The fourth-order valence-electron chi connectivity index (χ4n) is 2.32. The van der Waals surface area contributed by atoms with Gasteiger partial charge in [0.1, 0.15) is 0 Å². The van der Waals surface area contributed by atoms with E-state index in [1.807, 2.05) is 17.8 Å². The van der Waals surface area contributed by atoms with E-state index in [1.165, 1.54) is 0 Å². The van der Waals surface area contributed by atoms with Gasteiger partial charge in [0.15, 0.2) is 0 Å². The Morgan fingerprint density at radius 1 is 1.28 bits per heavy atom. The molecule has 100 valence electrons. The van der Waals surface area contributed by atoms with Crippen LogP contribution in [0.25, 0.3) is 0 Å². The molecule has 1 aliphatic rings. The van der Waals surface area contributed by atoms with E-state index in [0.29, 0.717) is 10.1 Å². The fourth-order valence-corrected chi connectivity index (χ4v) is 4.77. The molecule has 5 heteroatoms. The van der Waals surface area contributed by atoms with Crippen molar-refractivity contribution in [2.45, 2.75) is 42.4 Å². The average Bonchev–Trinajstić information content (AvgIpc) is 2.77.